The van der Waals surface area contributed by atoms with Crippen molar-refractivity contribution in [2.45, 2.75) is 31.6 Å². The monoisotopic (exact) mass is 448 g/mol. The highest BCUT2D eigenvalue weighted by atomic mass is 32.2. The van der Waals surface area contributed by atoms with Gasteiger partial charge < -0.3 is 14.2 Å². The lowest BCUT2D eigenvalue weighted by Crippen LogP contribution is -2.38. The van der Waals surface area contributed by atoms with E-state index in [0.29, 0.717) is 24.8 Å². The Morgan fingerprint density at radius 3 is 2.93 bits per heavy atom. The van der Waals surface area contributed by atoms with Crippen molar-refractivity contribution >= 4 is 46.3 Å². The summed E-state index contributed by atoms with van der Waals surface area (Å²) >= 11 is 4.60. The molecular formula is C19H20N4O3S3. The van der Waals surface area contributed by atoms with Gasteiger partial charge in [-0.2, -0.15) is 0 Å². The molecule has 3 aromatic heterocycles. The molecule has 0 bridgehead atoms. The van der Waals surface area contributed by atoms with E-state index in [2.05, 4.69) is 21.6 Å². The molecule has 4 heterocycles. The summed E-state index contributed by atoms with van der Waals surface area (Å²) in [5, 5.41) is 13.2. The second-order valence-corrected chi connectivity index (χ2v) is 9.30. The van der Waals surface area contributed by atoms with E-state index in [1.54, 1.807) is 27.6 Å². The number of thiophene rings is 2. The first-order valence-corrected chi connectivity index (χ1v) is 12.0. The molecule has 0 spiro atoms. The van der Waals surface area contributed by atoms with Gasteiger partial charge in [0.1, 0.15) is 0 Å². The number of hydrogen-bond donors (Lipinski definition) is 0. The molecule has 0 N–H and O–H groups in total. The summed E-state index contributed by atoms with van der Waals surface area (Å²) in [6.45, 7) is 3.76. The van der Waals surface area contributed by atoms with Crippen molar-refractivity contribution in [1.29, 1.82) is 0 Å². The van der Waals surface area contributed by atoms with Gasteiger partial charge in [-0.15, -0.1) is 32.9 Å². The molecule has 1 aliphatic rings. The van der Waals surface area contributed by atoms with E-state index < -0.39 is 5.97 Å². The predicted molar refractivity (Wildman–Crippen MR) is 114 cm³/mol. The zero-order valence-corrected chi connectivity index (χ0v) is 18.3. The molecule has 0 radical (unpaired) electrons. The number of fused-ring (bicyclic) bond motifs is 1. The van der Waals surface area contributed by atoms with Crippen molar-refractivity contribution in [3.8, 4) is 10.7 Å². The molecule has 0 aromatic carbocycles. The summed E-state index contributed by atoms with van der Waals surface area (Å²) in [7, 11) is 0. The van der Waals surface area contributed by atoms with Crippen LogP contribution in [0.15, 0.2) is 34.1 Å². The molecule has 0 saturated heterocycles. The number of aromatic nitrogens is 3. The molecule has 0 unspecified atom stereocenters. The van der Waals surface area contributed by atoms with Crippen molar-refractivity contribution in [2.24, 2.45) is 0 Å². The number of ether oxygens (including phenoxy) is 1. The third kappa shape index (κ3) is 4.54. The zero-order chi connectivity index (χ0) is 20.2. The molecule has 7 nitrogen and oxygen atoms in total. The smallest absolute Gasteiger partial charge is 0.316 e. The van der Waals surface area contributed by atoms with Crippen molar-refractivity contribution in [3.05, 3.63) is 39.4 Å². The SMILES string of the molecule is CCn1c(SCC(=O)OCC(=O)N2CCc3sccc3C2)nnc1-c1cccs1. The zero-order valence-electron chi connectivity index (χ0n) is 15.9. The average Bonchev–Trinajstić information content (AvgIpc) is 3.49. The van der Waals surface area contributed by atoms with Crippen LogP contribution in [0.2, 0.25) is 0 Å². The van der Waals surface area contributed by atoms with Crippen LogP contribution in [0.5, 0.6) is 0 Å². The normalized spacial score (nSPS) is 13.3. The summed E-state index contributed by atoms with van der Waals surface area (Å²) in [6, 6.07) is 6.02. The van der Waals surface area contributed by atoms with E-state index in [9.17, 15) is 9.59 Å². The van der Waals surface area contributed by atoms with E-state index in [1.807, 2.05) is 29.0 Å². The lowest BCUT2D eigenvalue weighted by molar-refractivity contribution is -0.150. The van der Waals surface area contributed by atoms with Crippen LogP contribution in [-0.4, -0.2) is 50.4 Å². The topological polar surface area (TPSA) is 77.3 Å². The number of nitrogens with zero attached hydrogens (tertiary/aromatic N) is 4. The molecule has 0 fully saturated rings. The Bertz CT molecular complexity index is 996. The maximum Gasteiger partial charge on any atom is 0.316 e. The van der Waals surface area contributed by atoms with E-state index in [-0.39, 0.29) is 18.3 Å². The molecule has 1 amide bonds. The van der Waals surface area contributed by atoms with Crippen molar-refractivity contribution < 1.29 is 14.3 Å². The van der Waals surface area contributed by atoms with Crippen molar-refractivity contribution in [2.75, 3.05) is 18.9 Å². The van der Waals surface area contributed by atoms with Crippen molar-refractivity contribution in [3.63, 3.8) is 0 Å². The first-order valence-electron chi connectivity index (χ1n) is 9.24. The van der Waals surface area contributed by atoms with Crippen LogP contribution in [0.3, 0.4) is 0 Å². The molecule has 0 atom stereocenters. The minimum Gasteiger partial charge on any atom is -0.455 e. The number of carbonyl (C=O) groups is 2. The fraction of sp³-hybridized carbons (Fsp3) is 0.368. The second-order valence-electron chi connectivity index (χ2n) is 6.41. The highest BCUT2D eigenvalue weighted by Crippen LogP contribution is 2.27. The molecule has 10 heteroatoms. The molecule has 0 aliphatic carbocycles. The average molecular weight is 449 g/mol. The van der Waals surface area contributed by atoms with E-state index in [4.69, 9.17) is 4.74 Å². The highest BCUT2D eigenvalue weighted by Gasteiger charge is 2.22. The predicted octanol–water partition coefficient (Wildman–Crippen LogP) is 3.31. The first-order chi connectivity index (χ1) is 14.2. The second kappa shape index (κ2) is 9.10. The molecule has 152 valence electrons. The lowest BCUT2D eigenvalue weighted by Gasteiger charge is -2.26. The fourth-order valence-corrected chi connectivity index (χ4v) is 5.54. The third-order valence-electron chi connectivity index (χ3n) is 4.61. The van der Waals surface area contributed by atoms with Crippen LogP contribution >= 0.6 is 34.4 Å². The minimum atomic E-state index is -0.431. The number of amides is 1. The van der Waals surface area contributed by atoms with Crippen LogP contribution in [0.25, 0.3) is 10.7 Å². The molecule has 4 rings (SSSR count). The Labute approximate surface area is 180 Å². The van der Waals surface area contributed by atoms with Crippen molar-refractivity contribution in [1.82, 2.24) is 19.7 Å². The Morgan fingerprint density at radius 2 is 2.14 bits per heavy atom. The van der Waals surface area contributed by atoms with Gasteiger partial charge in [-0.25, -0.2) is 0 Å². The number of esters is 1. The van der Waals surface area contributed by atoms with E-state index >= 15 is 0 Å². The minimum absolute atomic E-state index is 0.0878. The summed E-state index contributed by atoms with van der Waals surface area (Å²) in [6.07, 6.45) is 0.863. The van der Waals surface area contributed by atoms with Gasteiger partial charge in [0.25, 0.3) is 5.91 Å². The fourth-order valence-electron chi connectivity index (χ4n) is 3.13. The van der Waals surface area contributed by atoms with Gasteiger partial charge in [0.15, 0.2) is 17.6 Å². The van der Waals surface area contributed by atoms with Gasteiger partial charge in [0.2, 0.25) is 0 Å². The standard InChI is InChI=1S/C19H20N4O3S3/c1-2-23-18(15-4-3-8-27-15)20-21-19(23)29-12-17(25)26-11-16(24)22-7-5-14-13(10-22)6-9-28-14/h3-4,6,8-9H,2,5,7,10-12H2,1H3. The quantitative estimate of drug-likeness (QED) is 0.408. The Morgan fingerprint density at radius 1 is 1.24 bits per heavy atom. The molecule has 0 saturated carbocycles. The first kappa shape index (κ1) is 20.1. The highest BCUT2D eigenvalue weighted by molar-refractivity contribution is 7.99. The Hall–Kier alpha value is -2.17. The number of thioether (sulfide) groups is 1. The van der Waals surface area contributed by atoms with Crippen LogP contribution in [0.1, 0.15) is 17.4 Å². The van der Waals surface area contributed by atoms with Gasteiger partial charge in [-0.1, -0.05) is 17.8 Å². The maximum absolute atomic E-state index is 12.4. The molecule has 3 aromatic rings. The maximum atomic E-state index is 12.4. The van der Waals surface area contributed by atoms with Crippen LogP contribution in [-0.2, 0) is 33.8 Å². The molecule has 29 heavy (non-hydrogen) atoms. The lowest BCUT2D eigenvalue weighted by atomic mass is 10.1. The van der Waals surface area contributed by atoms with Crippen LogP contribution < -0.4 is 0 Å². The Balaban J connectivity index is 1.27. The van der Waals surface area contributed by atoms with Gasteiger partial charge in [-0.05, 0) is 41.8 Å². The largest absolute Gasteiger partial charge is 0.455 e. The van der Waals surface area contributed by atoms with E-state index in [0.717, 1.165) is 17.1 Å². The van der Waals surface area contributed by atoms with Gasteiger partial charge in [0, 0.05) is 24.5 Å². The summed E-state index contributed by atoms with van der Waals surface area (Å²) in [5.74, 6) is 0.299. The van der Waals surface area contributed by atoms with Crippen LogP contribution in [0.4, 0.5) is 0 Å². The van der Waals surface area contributed by atoms with Crippen LogP contribution in [0, 0.1) is 0 Å². The van der Waals surface area contributed by atoms with Gasteiger partial charge in [-0.3, -0.25) is 9.59 Å². The summed E-state index contributed by atoms with van der Waals surface area (Å²) < 4.78 is 7.17. The summed E-state index contributed by atoms with van der Waals surface area (Å²) in [4.78, 5) is 28.6. The Kier molecular flexibility index (Phi) is 6.31. The molecular weight excluding hydrogens is 428 g/mol. The number of carbonyl (C=O) groups excluding carboxylic acids is 2. The number of rotatable bonds is 7. The molecule has 1 aliphatic heterocycles. The third-order valence-corrected chi connectivity index (χ3v) is 7.44. The number of hydrogen-bond acceptors (Lipinski definition) is 8. The van der Waals surface area contributed by atoms with E-state index in [1.165, 1.54) is 22.2 Å². The summed E-state index contributed by atoms with van der Waals surface area (Å²) in [5.41, 5.74) is 1.19. The van der Waals surface area contributed by atoms with Gasteiger partial charge in [0.05, 0.1) is 10.6 Å². The van der Waals surface area contributed by atoms with Gasteiger partial charge >= 0.3 is 5.97 Å².